The quantitative estimate of drug-likeness (QED) is 0.615. The summed E-state index contributed by atoms with van der Waals surface area (Å²) in [6.07, 6.45) is 3.35. The van der Waals surface area contributed by atoms with Crippen molar-refractivity contribution in [1.29, 1.82) is 0 Å². The molecule has 2 rings (SSSR count). The summed E-state index contributed by atoms with van der Waals surface area (Å²) in [5.74, 6) is -1.74. The molecule has 0 bridgehead atoms. The van der Waals surface area contributed by atoms with Gasteiger partial charge >= 0.3 is 5.97 Å². The predicted octanol–water partition coefficient (Wildman–Crippen LogP) is 2.88. The van der Waals surface area contributed by atoms with Gasteiger partial charge in [0.05, 0.1) is 13.7 Å². The van der Waals surface area contributed by atoms with E-state index < -0.39 is 23.2 Å². The highest BCUT2D eigenvalue weighted by molar-refractivity contribution is 5.80. The van der Waals surface area contributed by atoms with E-state index in [0.29, 0.717) is 49.5 Å². The van der Waals surface area contributed by atoms with E-state index in [0.717, 1.165) is 13.0 Å². The smallest absolute Gasteiger partial charge is 0.325 e. The Morgan fingerprint density at radius 1 is 1.50 bits per heavy atom. The summed E-state index contributed by atoms with van der Waals surface area (Å²) in [5.41, 5.74) is 5.81. The number of piperidine rings is 1. The van der Waals surface area contributed by atoms with Gasteiger partial charge in [-0.2, -0.15) is 0 Å². The number of carbonyl (C=O) groups is 1. The molecule has 1 aliphatic rings. The molecule has 0 unspecified atom stereocenters. The van der Waals surface area contributed by atoms with Crippen molar-refractivity contribution in [2.75, 3.05) is 20.2 Å². The Morgan fingerprint density at radius 3 is 2.69 bits per heavy atom. The third kappa shape index (κ3) is 4.64. The number of likely N-dealkylation sites (tertiary alicyclic amines) is 1. The van der Waals surface area contributed by atoms with Crippen molar-refractivity contribution in [3.63, 3.8) is 0 Å². The van der Waals surface area contributed by atoms with E-state index >= 15 is 0 Å². The van der Waals surface area contributed by atoms with Gasteiger partial charge in [0.15, 0.2) is 11.6 Å². The van der Waals surface area contributed by atoms with Crippen LogP contribution in [0.1, 0.15) is 31.2 Å². The predicted molar refractivity (Wildman–Crippen MR) is 93.0 cm³/mol. The van der Waals surface area contributed by atoms with Crippen molar-refractivity contribution in [1.82, 2.24) is 10.1 Å². The first kappa shape index (κ1) is 20.0. The molecule has 2 N–H and O–H groups in total. The molecule has 0 radical (unpaired) electrons. The largest absolute Gasteiger partial charge is 0.468 e. The normalized spacial score (nSPS) is 19.0. The number of hydrogen-bond donors (Lipinski definition) is 1. The summed E-state index contributed by atoms with van der Waals surface area (Å²) >= 11 is 0. The molecular formula is C18H23F2N3O3. The highest BCUT2D eigenvalue weighted by atomic mass is 19.2. The summed E-state index contributed by atoms with van der Waals surface area (Å²) in [7, 11) is 1.33. The fourth-order valence-corrected chi connectivity index (χ4v) is 2.73. The number of nitrogens with two attached hydrogens (primary N) is 1. The molecule has 2 heterocycles. The maximum atomic E-state index is 13.5. The zero-order chi connectivity index (χ0) is 19.3. The number of halogens is 2. The number of allylic oxidation sites excluding steroid dienone is 5. The van der Waals surface area contributed by atoms with Crippen molar-refractivity contribution < 1.29 is 22.8 Å². The Balaban J connectivity index is 2.02. The maximum Gasteiger partial charge on any atom is 0.325 e. The highest BCUT2D eigenvalue weighted by Crippen LogP contribution is 2.24. The van der Waals surface area contributed by atoms with Gasteiger partial charge in [-0.05, 0) is 25.8 Å². The van der Waals surface area contributed by atoms with E-state index in [2.05, 4.69) is 16.6 Å². The molecule has 142 valence electrons. The third-order valence-electron chi connectivity index (χ3n) is 4.41. The lowest BCUT2D eigenvalue weighted by Gasteiger charge is -2.36. The number of aromatic nitrogens is 1. The molecule has 0 saturated carbocycles. The zero-order valence-corrected chi connectivity index (χ0v) is 14.9. The van der Waals surface area contributed by atoms with Gasteiger partial charge in [-0.1, -0.05) is 17.8 Å². The fourth-order valence-electron chi connectivity index (χ4n) is 2.73. The van der Waals surface area contributed by atoms with Gasteiger partial charge in [0, 0.05) is 24.7 Å². The SMILES string of the molecule is C=C/C(=C\C(F)=C(/C)F)c1cc(CN2CCC(N)(C(=O)OC)CC2)on1. The Bertz CT molecular complexity index is 728. The van der Waals surface area contributed by atoms with Crippen LogP contribution < -0.4 is 5.73 Å². The van der Waals surface area contributed by atoms with E-state index in [9.17, 15) is 13.6 Å². The Labute approximate surface area is 151 Å². The van der Waals surface area contributed by atoms with Crippen molar-refractivity contribution in [3.8, 4) is 0 Å². The summed E-state index contributed by atoms with van der Waals surface area (Å²) in [5, 5.41) is 3.88. The van der Waals surface area contributed by atoms with Gasteiger partial charge in [0.1, 0.15) is 17.1 Å². The van der Waals surface area contributed by atoms with Gasteiger partial charge in [0.25, 0.3) is 0 Å². The topological polar surface area (TPSA) is 81.6 Å². The van der Waals surface area contributed by atoms with Crippen LogP contribution in [0.4, 0.5) is 8.78 Å². The lowest BCUT2D eigenvalue weighted by molar-refractivity contribution is -0.149. The summed E-state index contributed by atoms with van der Waals surface area (Å²) in [4.78, 5) is 13.8. The summed E-state index contributed by atoms with van der Waals surface area (Å²) in [6, 6.07) is 1.65. The lowest BCUT2D eigenvalue weighted by atomic mass is 9.88. The first-order valence-electron chi connectivity index (χ1n) is 8.20. The van der Waals surface area contributed by atoms with E-state index in [4.69, 9.17) is 15.0 Å². The first-order valence-corrected chi connectivity index (χ1v) is 8.20. The molecule has 1 aliphatic heterocycles. The molecule has 0 spiro atoms. The second-order valence-electron chi connectivity index (χ2n) is 6.29. The average molecular weight is 367 g/mol. The van der Waals surface area contributed by atoms with Crippen LogP contribution in [-0.4, -0.2) is 41.8 Å². The van der Waals surface area contributed by atoms with Gasteiger partial charge in [-0.15, -0.1) is 0 Å². The van der Waals surface area contributed by atoms with Crippen molar-refractivity contribution in [3.05, 3.63) is 47.9 Å². The molecule has 0 aliphatic carbocycles. The number of carbonyl (C=O) groups excluding carboxylic acids is 1. The van der Waals surface area contributed by atoms with Gasteiger partial charge in [-0.25, -0.2) is 8.78 Å². The average Bonchev–Trinajstić information content (AvgIpc) is 3.08. The van der Waals surface area contributed by atoms with Crippen molar-refractivity contribution in [2.45, 2.75) is 31.8 Å². The number of methoxy groups -OCH3 is 1. The number of nitrogens with zero attached hydrogens (tertiary/aromatic N) is 2. The van der Waals surface area contributed by atoms with Crippen LogP contribution in [0.5, 0.6) is 0 Å². The third-order valence-corrected chi connectivity index (χ3v) is 4.41. The summed E-state index contributed by atoms with van der Waals surface area (Å²) < 4.78 is 36.4. The first-order chi connectivity index (χ1) is 12.3. The summed E-state index contributed by atoms with van der Waals surface area (Å²) in [6.45, 7) is 6.29. The second-order valence-corrected chi connectivity index (χ2v) is 6.29. The van der Waals surface area contributed by atoms with Gasteiger partial charge < -0.3 is 15.0 Å². The second kappa shape index (κ2) is 8.37. The van der Waals surface area contributed by atoms with E-state index in [1.807, 2.05) is 0 Å². The van der Waals surface area contributed by atoms with Crippen molar-refractivity contribution >= 4 is 11.5 Å². The molecule has 6 nitrogen and oxygen atoms in total. The van der Waals surface area contributed by atoms with Crippen LogP contribution in [0.25, 0.3) is 5.57 Å². The number of hydrogen-bond acceptors (Lipinski definition) is 6. The molecule has 1 aromatic rings. The Hall–Kier alpha value is -2.32. The van der Waals surface area contributed by atoms with Crippen LogP contribution in [-0.2, 0) is 16.1 Å². The molecule has 0 atom stereocenters. The molecule has 8 heteroatoms. The van der Waals surface area contributed by atoms with Crippen molar-refractivity contribution in [2.24, 2.45) is 5.73 Å². The molecule has 26 heavy (non-hydrogen) atoms. The maximum absolute atomic E-state index is 13.5. The van der Waals surface area contributed by atoms with Gasteiger partial charge in [-0.3, -0.25) is 9.69 Å². The van der Waals surface area contributed by atoms with Crippen LogP contribution >= 0.6 is 0 Å². The number of rotatable bonds is 6. The minimum Gasteiger partial charge on any atom is -0.468 e. The minimum absolute atomic E-state index is 0.319. The molecule has 0 aromatic carbocycles. The minimum atomic E-state index is -0.984. The van der Waals surface area contributed by atoms with E-state index in [-0.39, 0.29) is 0 Å². The standard InChI is InChI=1S/C18H23F2N3O3/c1-4-13(9-15(20)12(2)19)16-10-14(26-22-16)11-23-7-5-18(21,6-8-23)17(24)25-3/h4,9-10H,1,5-8,11,21H2,2-3H3/b13-9+,15-12-. The van der Waals surface area contributed by atoms with E-state index in [1.165, 1.54) is 13.2 Å². The molecule has 0 amide bonds. The lowest BCUT2D eigenvalue weighted by Crippen LogP contribution is -2.55. The number of esters is 1. The highest BCUT2D eigenvalue weighted by Gasteiger charge is 2.38. The Morgan fingerprint density at radius 2 is 2.15 bits per heavy atom. The number of ether oxygens (including phenoxy) is 1. The molecule has 1 saturated heterocycles. The van der Waals surface area contributed by atoms with Crippen LogP contribution in [0.15, 0.2) is 41.0 Å². The van der Waals surface area contributed by atoms with Crippen LogP contribution in [0, 0.1) is 0 Å². The van der Waals surface area contributed by atoms with Gasteiger partial charge in [0.2, 0.25) is 0 Å². The monoisotopic (exact) mass is 367 g/mol. The molecular weight excluding hydrogens is 344 g/mol. The van der Waals surface area contributed by atoms with E-state index in [1.54, 1.807) is 6.07 Å². The molecule has 1 fully saturated rings. The zero-order valence-electron chi connectivity index (χ0n) is 14.9. The Kier molecular flexibility index (Phi) is 6.44. The molecule has 1 aromatic heterocycles. The fraction of sp³-hybridized carbons (Fsp3) is 0.444. The van der Waals surface area contributed by atoms with Crippen LogP contribution in [0.3, 0.4) is 0 Å². The van der Waals surface area contributed by atoms with Crippen LogP contribution in [0.2, 0.25) is 0 Å².